The third-order valence-electron chi connectivity index (χ3n) is 3.13. The lowest BCUT2D eigenvalue weighted by molar-refractivity contribution is 0.628. The average molecular weight is 252 g/mol. The van der Waals surface area contributed by atoms with E-state index in [-0.39, 0.29) is 5.82 Å². The van der Waals surface area contributed by atoms with Gasteiger partial charge in [-0.3, -0.25) is 0 Å². The smallest absolute Gasteiger partial charge is 0.123 e. The Morgan fingerprint density at radius 1 is 1.00 bits per heavy atom. The van der Waals surface area contributed by atoms with Gasteiger partial charge in [0.2, 0.25) is 0 Å². The van der Waals surface area contributed by atoms with Crippen LogP contribution in [0.3, 0.4) is 0 Å². The van der Waals surface area contributed by atoms with Crippen LogP contribution in [0.15, 0.2) is 54.6 Å². The highest BCUT2D eigenvalue weighted by Crippen LogP contribution is 2.27. The second-order valence-corrected chi connectivity index (χ2v) is 4.33. The van der Waals surface area contributed by atoms with E-state index in [1.54, 1.807) is 12.1 Å². The monoisotopic (exact) mass is 252 g/mol. The first kappa shape index (κ1) is 11.7. The first-order valence-corrected chi connectivity index (χ1v) is 6.11. The second kappa shape index (κ2) is 4.69. The molecule has 3 heteroatoms. The number of fused-ring (bicyclic) bond motifs is 1. The first-order valence-electron chi connectivity index (χ1n) is 6.11. The van der Waals surface area contributed by atoms with E-state index in [0.29, 0.717) is 0 Å². The summed E-state index contributed by atoms with van der Waals surface area (Å²) in [5, 5.41) is 4.26. The average Bonchev–Trinajstić information content (AvgIpc) is 2.47. The number of hydrogen-bond donors (Lipinski definition) is 1. The van der Waals surface area contributed by atoms with Gasteiger partial charge in [-0.05, 0) is 36.4 Å². The van der Waals surface area contributed by atoms with Crippen LogP contribution in [0.2, 0.25) is 0 Å². The molecule has 94 valence electrons. The summed E-state index contributed by atoms with van der Waals surface area (Å²) in [4.78, 5) is 4.62. The maximum atomic E-state index is 13.0. The fourth-order valence-corrected chi connectivity index (χ4v) is 2.15. The largest absolute Gasteiger partial charge is 0.388 e. The highest BCUT2D eigenvalue weighted by molar-refractivity contribution is 5.93. The predicted molar refractivity (Wildman–Crippen MR) is 76.7 cm³/mol. The van der Waals surface area contributed by atoms with Crippen LogP contribution in [-0.4, -0.2) is 12.0 Å². The summed E-state index contributed by atoms with van der Waals surface area (Å²) in [6.07, 6.45) is 0. The van der Waals surface area contributed by atoms with E-state index in [1.165, 1.54) is 12.1 Å². The highest BCUT2D eigenvalue weighted by Gasteiger charge is 2.06. The molecule has 0 aliphatic carbocycles. The van der Waals surface area contributed by atoms with Crippen LogP contribution in [0.4, 0.5) is 10.1 Å². The summed E-state index contributed by atoms with van der Waals surface area (Å²) >= 11 is 0. The predicted octanol–water partition coefficient (Wildman–Crippen LogP) is 4.08. The summed E-state index contributed by atoms with van der Waals surface area (Å²) in [6.45, 7) is 0. The maximum Gasteiger partial charge on any atom is 0.123 e. The molecule has 0 spiro atoms. The molecule has 0 bridgehead atoms. The van der Waals surface area contributed by atoms with E-state index >= 15 is 0 Å². The zero-order chi connectivity index (χ0) is 13.2. The van der Waals surface area contributed by atoms with Crippen molar-refractivity contribution in [2.24, 2.45) is 0 Å². The van der Waals surface area contributed by atoms with Crippen LogP contribution in [-0.2, 0) is 0 Å². The number of nitrogens with one attached hydrogen (secondary N) is 1. The van der Waals surface area contributed by atoms with Crippen LogP contribution in [0.1, 0.15) is 0 Å². The van der Waals surface area contributed by atoms with E-state index in [1.807, 2.05) is 37.4 Å². The Balaban J connectivity index is 2.22. The van der Waals surface area contributed by atoms with Gasteiger partial charge in [0.25, 0.3) is 0 Å². The normalized spacial score (nSPS) is 10.6. The molecule has 19 heavy (non-hydrogen) atoms. The van der Waals surface area contributed by atoms with Gasteiger partial charge in [-0.1, -0.05) is 18.2 Å². The van der Waals surface area contributed by atoms with E-state index in [4.69, 9.17) is 0 Å². The van der Waals surface area contributed by atoms with Crippen molar-refractivity contribution in [1.82, 2.24) is 4.98 Å². The van der Waals surface area contributed by atoms with Gasteiger partial charge in [-0.25, -0.2) is 9.37 Å². The van der Waals surface area contributed by atoms with Crippen molar-refractivity contribution in [2.75, 3.05) is 12.4 Å². The lowest BCUT2D eigenvalue weighted by Gasteiger charge is -2.09. The van der Waals surface area contributed by atoms with Crippen LogP contribution >= 0.6 is 0 Å². The van der Waals surface area contributed by atoms with E-state index < -0.39 is 0 Å². The lowest BCUT2D eigenvalue weighted by Crippen LogP contribution is -1.93. The van der Waals surface area contributed by atoms with Gasteiger partial charge in [0, 0.05) is 23.7 Å². The number of benzene rings is 2. The molecule has 3 rings (SSSR count). The SMILES string of the molecule is CNc1cc(-c2ccc(F)cc2)nc2ccccc12. The van der Waals surface area contributed by atoms with Crippen molar-refractivity contribution >= 4 is 16.6 Å². The fraction of sp³-hybridized carbons (Fsp3) is 0.0625. The molecule has 0 unspecified atom stereocenters. The van der Waals surface area contributed by atoms with E-state index in [0.717, 1.165) is 27.8 Å². The highest BCUT2D eigenvalue weighted by atomic mass is 19.1. The zero-order valence-corrected chi connectivity index (χ0v) is 10.5. The molecule has 1 aromatic heterocycles. The summed E-state index contributed by atoms with van der Waals surface area (Å²) in [7, 11) is 1.89. The summed E-state index contributed by atoms with van der Waals surface area (Å²) in [5.41, 5.74) is 3.69. The Morgan fingerprint density at radius 2 is 1.74 bits per heavy atom. The minimum atomic E-state index is -0.238. The van der Waals surface area contributed by atoms with Crippen molar-refractivity contribution in [1.29, 1.82) is 0 Å². The molecule has 0 saturated heterocycles. The summed E-state index contributed by atoms with van der Waals surface area (Å²) in [6, 6.07) is 16.3. The number of anilines is 1. The van der Waals surface area contributed by atoms with E-state index in [9.17, 15) is 4.39 Å². The van der Waals surface area contributed by atoms with Crippen LogP contribution in [0, 0.1) is 5.82 Å². The molecule has 0 saturated carbocycles. The molecule has 0 fully saturated rings. The van der Waals surface area contributed by atoms with Crippen molar-refractivity contribution in [3.8, 4) is 11.3 Å². The van der Waals surface area contributed by atoms with Crippen LogP contribution < -0.4 is 5.32 Å². The van der Waals surface area contributed by atoms with Gasteiger partial charge in [0.1, 0.15) is 5.82 Å². The Bertz CT molecular complexity index is 720. The number of hydrogen-bond acceptors (Lipinski definition) is 2. The molecule has 0 aliphatic rings. The molecule has 2 nitrogen and oxygen atoms in total. The van der Waals surface area contributed by atoms with Gasteiger partial charge >= 0.3 is 0 Å². The Kier molecular flexibility index (Phi) is 2.88. The molecule has 0 radical (unpaired) electrons. The molecule has 2 aromatic carbocycles. The van der Waals surface area contributed by atoms with Crippen molar-refractivity contribution in [3.63, 3.8) is 0 Å². The standard InChI is InChI=1S/C16H13FN2/c1-18-16-10-15(11-6-8-12(17)9-7-11)19-14-5-3-2-4-13(14)16/h2-10H,1H3,(H,18,19). The molecule has 3 aromatic rings. The molecular formula is C16H13FN2. The van der Waals surface area contributed by atoms with Crippen LogP contribution in [0.5, 0.6) is 0 Å². The Labute approximate surface area is 110 Å². The van der Waals surface area contributed by atoms with Crippen molar-refractivity contribution in [2.45, 2.75) is 0 Å². The first-order chi connectivity index (χ1) is 9.28. The van der Waals surface area contributed by atoms with E-state index in [2.05, 4.69) is 10.3 Å². The maximum absolute atomic E-state index is 13.0. The molecule has 0 aliphatic heterocycles. The third kappa shape index (κ3) is 2.15. The molecule has 1 heterocycles. The van der Waals surface area contributed by atoms with Gasteiger partial charge in [0.15, 0.2) is 0 Å². The number of rotatable bonds is 2. The second-order valence-electron chi connectivity index (χ2n) is 4.33. The minimum absolute atomic E-state index is 0.238. The third-order valence-corrected chi connectivity index (χ3v) is 3.13. The Morgan fingerprint density at radius 3 is 2.47 bits per heavy atom. The van der Waals surface area contributed by atoms with Gasteiger partial charge in [-0.2, -0.15) is 0 Å². The van der Waals surface area contributed by atoms with Gasteiger partial charge in [0.05, 0.1) is 11.2 Å². The number of nitrogens with zero attached hydrogens (tertiary/aromatic N) is 1. The summed E-state index contributed by atoms with van der Waals surface area (Å²) in [5.74, 6) is -0.238. The van der Waals surface area contributed by atoms with Gasteiger partial charge < -0.3 is 5.32 Å². The molecule has 0 amide bonds. The quantitative estimate of drug-likeness (QED) is 0.743. The minimum Gasteiger partial charge on any atom is -0.388 e. The number of para-hydroxylation sites is 1. The molecule has 0 atom stereocenters. The molecular weight excluding hydrogens is 239 g/mol. The van der Waals surface area contributed by atoms with Gasteiger partial charge in [-0.15, -0.1) is 0 Å². The lowest BCUT2D eigenvalue weighted by atomic mass is 10.1. The van der Waals surface area contributed by atoms with Crippen molar-refractivity contribution < 1.29 is 4.39 Å². The number of halogens is 1. The number of aromatic nitrogens is 1. The fourth-order valence-electron chi connectivity index (χ4n) is 2.15. The Hall–Kier alpha value is -2.42. The van der Waals surface area contributed by atoms with Crippen LogP contribution in [0.25, 0.3) is 22.2 Å². The topological polar surface area (TPSA) is 24.9 Å². The zero-order valence-electron chi connectivity index (χ0n) is 10.5. The number of pyridine rings is 1. The molecule has 1 N–H and O–H groups in total. The van der Waals surface area contributed by atoms with Crippen molar-refractivity contribution in [3.05, 3.63) is 60.4 Å². The summed E-state index contributed by atoms with van der Waals surface area (Å²) < 4.78 is 13.0.